The minimum atomic E-state index is -4.48. The summed E-state index contributed by atoms with van der Waals surface area (Å²) in [5, 5.41) is 15.2. The topological polar surface area (TPSA) is 107 Å². The molecule has 0 atom stereocenters. The van der Waals surface area contributed by atoms with Crippen molar-refractivity contribution in [3.8, 4) is 0 Å². The van der Waals surface area contributed by atoms with Crippen LogP contribution in [0.15, 0.2) is 13.2 Å². The quantitative estimate of drug-likeness (QED) is 0.155. The van der Waals surface area contributed by atoms with Crippen LogP contribution in [0.3, 0.4) is 0 Å². The molecule has 24 heavy (non-hydrogen) atoms. The summed E-state index contributed by atoms with van der Waals surface area (Å²) in [7, 11) is -4.48. The largest absolute Gasteiger partial charge is 1.00 e. The summed E-state index contributed by atoms with van der Waals surface area (Å²) in [5.74, 6) is 0. The van der Waals surface area contributed by atoms with Crippen LogP contribution in [0.25, 0.3) is 0 Å². The molecule has 0 aromatic heterocycles. The Morgan fingerprint density at radius 1 is 0.833 bits per heavy atom. The van der Waals surface area contributed by atoms with Crippen molar-refractivity contribution in [1.29, 1.82) is 0 Å². The van der Waals surface area contributed by atoms with Crippen molar-refractivity contribution < 1.29 is 56.9 Å². The van der Waals surface area contributed by atoms with Crippen LogP contribution in [-0.4, -0.2) is 43.0 Å². The smallest absolute Gasteiger partial charge is 0.726 e. The molecular formula is C16H35NaO6S. The standard InChI is InChI=1S/C12H26O4S.C2H6O2.C2H4.Na/c1-2-3-4-5-6-7-8-9-10-11-12-16-17(13,14)15;3-1-2-4;1-2;/h2-12H2,1H3,(H,13,14,15);3-4H,1-2H2;1-2H2;/q;;;+1/p-1. The summed E-state index contributed by atoms with van der Waals surface area (Å²) in [6.07, 6.45) is 11.7. The van der Waals surface area contributed by atoms with E-state index in [1.54, 1.807) is 0 Å². The predicted molar refractivity (Wildman–Crippen MR) is 92.9 cm³/mol. The molecule has 0 aromatic rings. The zero-order chi connectivity index (χ0) is 18.4. The second-order valence-electron chi connectivity index (χ2n) is 4.86. The van der Waals surface area contributed by atoms with Crippen molar-refractivity contribution in [2.24, 2.45) is 0 Å². The molecule has 0 unspecified atom stereocenters. The Balaban J connectivity index is -0.000000248. The molecule has 0 heterocycles. The van der Waals surface area contributed by atoms with E-state index in [9.17, 15) is 13.0 Å². The number of hydrogen-bond acceptors (Lipinski definition) is 6. The van der Waals surface area contributed by atoms with Gasteiger partial charge >= 0.3 is 29.6 Å². The van der Waals surface area contributed by atoms with E-state index < -0.39 is 10.4 Å². The van der Waals surface area contributed by atoms with Crippen molar-refractivity contribution in [1.82, 2.24) is 0 Å². The molecule has 8 heteroatoms. The van der Waals surface area contributed by atoms with E-state index >= 15 is 0 Å². The maximum Gasteiger partial charge on any atom is 1.00 e. The first kappa shape index (κ1) is 32.2. The maximum atomic E-state index is 10.1. The van der Waals surface area contributed by atoms with Crippen LogP contribution in [-0.2, 0) is 14.6 Å². The summed E-state index contributed by atoms with van der Waals surface area (Å²) in [6.45, 7) is 7.99. The first-order valence-electron chi connectivity index (χ1n) is 8.29. The molecule has 0 aliphatic carbocycles. The molecule has 0 aliphatic heterocycles. The van der Waals surface area contributed by atoms with Gasteiger partial charge in [0, 0.05) is 0 Å². The minimum Gasteiger partial charge on any atom is -0.726 e. The van der Waals surface area contributed by atoms with Crippen molar-refractivity contribution in [3.05, 3.63) is 13.2 Å². The molecular weight excluding hydrogens is 343 g/mol. The fourth-order valence-electron chi connectivity index (χ4n) is 1.75. The van der Waals surface area contributed by atoms with Gasteiger partial charge in [0.25, 0.3) is 0 Å². The molecule has 0 bridgehead atoms. The van der Waals surface area contributed by atoms with Gasteiger partial charge in [-0.25, -0.2) is 8.42 Å². The normalized spacial score (nSPS) is 9.83. The first-order chi connectivity index (χ1) is 11.0. The molecule has 0 aliphatic rings. The van der Waals surface area contributed by atoms with Crippen molar-refractivity contribution in [3.63, 3.8) is 0 Å². The zero-order valence-corrected chi connectivity index (χ0v) is 18.4. The Morgan fingerprint density at radius 2 is 1.17 bits per heavy atom. The van der Waals surface area contributed by atoms with E-state index in [1.165, 1.54) is 44.9 Å². The van der Waals surface area contributed by atoms with Crippen LogP contribution < -0.4 is 29.6 Å². The first-order valence-corrected chi connectivity index (χ1v) is 9.63. The van der Waals surface area contributed by atoms with Gasteiger partial charge in [0.15, 0.2) is 0 Å². The molecule has 0 saturated heterocycles. The number of unbranched alkanes of at least 4 members (excludes halogenated alkanes) is 9. The number of aliphatic hydroxyl groups is 2. The van der Waals surface area contributed by atoms with Crippen LogP contribution in [0.2, 0.25) is 0 Å². The Hall–Kier alpha value is 0.530. The van der Waals surface area contributed by atoms with Crippen LogP contribution in [0.5, 0.6) is 0 Å². The van der Waals surface area contributed by atoms with E-state index in [-0.39, 0.29) is 49.4 Å². The molecule has 142 valence electrons. The monoisotopic (exact) mass is 378 g/mol. The molecule has 0 spiro atoms. The van der Waals surface area contributed by atoms with Gasteiger partial charge in [-0.3, -0.25) is 4.18 Å². The molecule has 0 aromatic carbocycles. The second kappa shape index (κ2) is 28.3. The van der Waals surface area contributed by atoms with Gasteiger partial charge in [0.05, 0.1) is 19.8 Å². The van der Waals surface area contributed by atoms with Gasteiger partial charge in [0.2, 0.25) is 10.4 Å². The van der Waals surface area contributed by atoms with E-state index in [1.807, 2.05) is 0 Å². The fourth-order valence-corrected chi connectivity index (χ4v) is 2.07. The van der Waals surface area contributed by atoms with Gasteiger partial charge < -0.3 is 14.8 Å². The fraction of sp³-hybridized carbons (Fsp3) is 0.875. The van der Waals surface area contributed by atoms with Gasteiger partial charge in [-0.15, -0.1) is 13.2 Å². The summed E-state index contributed by atoms with van der Waals surface area (Å²) in [5.41, 5.74) is 0. The number of rotatable bonds is 13. The molecule has 0 amide bonds. The van der Waals surface area contributed by atoms with Gasteiger partial charge in [0.1, 0.15) is 0 Å². The minimum absolute atomic E-state index is 0. The Labute approximate surface area is 170 Å². The molecule has 0 fully saturated rings. The van der Waals surface area contributed by atoms with Crippen molar-refractivity contribution in [2.45, 2.75) is 71.1 Å². The second-order valence-corrected chi connectivity index (χ2v) is 5.91. The van der Waals surface area contributed by atoms with Crippen LogP contribution in [0.4, 0.5) is 0 Å². The van der Waals surface area contributed by atoms with E-state index in [0.717, 1.165) is 12.8 Å². The third kappa shape index (κ3) is 43.3. The molecule has 0 radical (unpaired) electrons. The molecule has 0 saturated carbocycles. The van der Waals surface area contributed by atoms with Gasteiger partial charge in [-0.05, 0) is 6.42 Å². The van der Waals surface area contributed by atoms with Crippen LogP contribution in [0, 0.1) is 0 Å². The third-order valence-corrected chi connectivity index (χ3v) is 3.28. The maximum absolute atomic E-state index is 10.1. The molecule has 6 nitrogen and oxygen atoms in total. The SMILES string of the molecule is C=C.CCCCCCCCCCCCOS(=O)(=O)[O-].OCCO.[Na+]. The van der Waals surface area contributed by atoms with Crippen LogP contribution >= 0.6 is 0 Å². The Bertz CT molecular complexity index is 297. The Kier molecular flexibility index (Phi) is 38.0. The summed E-state index contributed by atoms with van der Waals surface area (Å²) < 4.78 is 34.5. The summed E-state index contributed by atoms with van der Waals surface area (Å²) >= 11 is 0. The van der Waals surface area contributed by atoms with Crippen molar-refractivity contribution in [2.75, 3.05) is 19.8 Å². The number of hydrogen-bond donors (Lipinski definition) is 2. The summed E-state index contributed by atoms with van der Waals surface area (Å²) in [4.78, 5) is 0. The van der Waals surface area contributed by atoms with E-state index in [2.05, 4.69) is 24.3 Å². The van der Waals surface area contributed by atoms with E-state index in [0.29, 0.717) is 6.42 Å². The van der Waals surface area contributed by atoms with E-state index in [4.69, 9.17) is 10.2 Å². The zero-order valence-electron chi connectivity index (χ0n) is 15.5. The average molecular weight is 379 g/mol. The van der Waals surface area contributed by atoms with Gasteiger partial charge in [-0.2, -0.15) is 0 Å². The molecule has 0 rings (SSSR count). The Morgan fingerprint density at radius 3 is 1.46 bits per heavy atom. The third-order valence-electron chi connectivity index (χ3n) is 2.83. The predicted octanol–water partition coefficient (Wildman–Crippen LogP) is 0.161. The average Bonchev–Trinajstić information content (AvgIpc) is 2.54. The molecule has 2 N–H and O–H groups in total. The van der Waals surface area contributed by atoms with Crippen molar-refractivity contribution >= 4 is 10.4 Å². The summed E-state index contributed by atoms with van der Waals surface area (Å²) in [6, 6.07) is 0. The van der Waals surface area contributed by atoms with Gasteiger partial charge in [-0.1, -0.05) is 64.7 Å². The van der Waals surface area contributed by atoms with Crippen LogP contribution in [0.1, 0.15) is 71.1 Å². The number of aliphatic hydroxyl groups excluding tert-OH is 2.